The lowest BCUT2D eigenvalue weighted by molar-refractivity contribution is -0.385. The molecule has 1 heterocycles. The molecule has 0 spiro atoms. The summed E-state index contributed by atoms with van der Waals surface area (Å²) in [7, 11) is 1.21. The molecule has 0 fully saturated rings. The van der Waals surface area contributed by atoms with E-state index in [9.17, 15) is 19.7 Å². The molecule has 33 heavy (non-hydrogen) atoms. The molecule has 0 radical (unpaired) electrons. The van der Waals surface area contributed by atoms with E-state index in [1.165, 1.54) is 25.3 Å². The zero-order chi connectivity index (χ0) is 24.0. The average molecular weight is 452 g/mol. The Balaban J connectivity index is 1.92. The summed E-state index contributed by atoms with van der Waals surface area (Å²) in [5.74, 6) is -1.82. The third-order valence-corrected chi connectivity index (χ3v) is 5.16. The van der Waals surface area contributed by atoms with E-state index in [2.05, 4.69) is 5.32 Å². The normalized spacial score (nSPS) is 15.5. The van der Waals surface area contributed by atoms with Gasteiger partial charge >= 0.3 is 11.9 Å². The molecule has 9 heteroatoms. The van der Waals surface area contributed by atoms with Crippen molar-refractivity contribution in [2.45, 2.75) is 19.8 Å². The second-order valence-electron chi connectivity index (χ2n) is 7.24. The number of ether oxygens (including phenoxy) is 3. The van der Waals surface area contributed by atoms with Gasteiger partial charge in [0.1, 0.15) is 19.0 Å². The zero-order valence-corrected chi connectivity index (χ0v) is 18.5. The summed E-state index contributed by atoms with van der Waals surface area (Å²) < 4.78 is 15.9. The third-order valence-electron chi connectivity index (χ3n) is 5.16. The number of nitro benzene ring substituents is 1. The Kier molecular flexibility index (Phi) is 7.45. The number of hydrogen-bond donors (Lipinski definition) is 1. The fraction of sp³-hybridized carbons (Fsp3) is 0.250. The van der Waals surface area contributed by atoms with Crippen molar-refractivity contribution < 1.29 is 28.7 Å². The van der Waals surface area contributed by atoms with E-state index >= 15 is 0 Å². The van der Waals surface area contributed by atoms with Crippen LogP contribution in [0.15, 0.2) is 77.1 Å². The van der Waals surface area contributed by atoms with Crippen molar-refractivity contribution in [3.05, 3.63) is 92.8 Å². The molecule has 0 saturated heterocycles. The molecular formula is C24H24N2O7. The van der Waals surface area contributed by atoms with Crippen LogP contribution in [0, 0.1) is 10.1 Å². The molecule has 3 rings (SSSR count). The molecule has 0 amide bonds. The fourth-order valence-corrected chi connectivity index (χ4v) is 3.74. The van der Waals surface area contributed by atoms with Gasteiger partial charge in [-0.1, -0.05) is 36.4 Å². The van der Waals surface area contributed by atoms with Crippen LogP contribution in [0.4, 0.5) is 5.69 Å². The maximum Gasteiger partial charge on any atom is 0.336 e. The number of carbonyl (C=O) groups excluding carboxylic acids is 2. The van der Waals surface area contributed by atoms with Gasteiger partial charge in [-0.25, -0.2) is 9.59 Å². The van der Waals surface area contributed by atoms with Crippen LogP contribution in [0.2, 0.25) is 0 Å². The number of benzene rings is 2. The molecule has 1 atom stereocenters. The number of hydrogen-bond acceptors (Lipinski definition) is 8. The topological polar surface area (TPSA) is 117 Å². The number of nitrogens with one attached hydrogen (secondary N) is 1. The first-order valence-electron chi connectivity index (χ1n) is 10.2. The number of allylic oxidation sites excluding steroid dienone is 2. The Labute approximate surface area is 190 Å². The number of nitrogens with zero attached hydrogens (tertiary/aromatic N) is 1. The van der Waals surface area contributed by atoms with Crippen molar-refractivity contribution >= 4 is 17.6 Å². The molecule has 0 bridgehead atoms. The smallest absolute Gasteiger partial charge is 0.336 e. The first kappa shape index (κ1) is 23.5. The maximum absolute atomic E-state index is 13.1. The average Bonchev–Trinajstić information content (AvgIpc) is 2.81. The van der Waals surface area contributed by atoms with E-state index in [4.69, 9.17) is 14.2 Å². The maximum atomic E-state index is 13.1. The summed E-state index contributed by atoms with van der Waals surface area (Å²) in [6.07, 6.45) is 0. The molecule has 0 saturated carbocycles. The Hall–Kier alpha value is -4.14. The van der Waals surface area contributed by atoms with Gasteiger partial charge in [0.05, 0.1) is 29.1 Å². The van der Waals surface area contributed by atoms with Gasteiger partial charge in [-0.2, -0.15) is 0 Å². The molecule has 2 aromatic carbocycles. The van der Waals surface area contributed by atoms with Crippen molar-refractivity contribution in [3.63, 3.8) is 0 Å². The molecule has 0 aliphatic carbocycles. The molecule has 1 unspecified atom stereocenters. The molecule has 1 aliphatic rings. The van der Waals surface area contributed by atoms with Crippen LogP contribution in [-0.2, 0) is 19.1 Å². The molecule has 1 N–H and O–H groups in total. The first-order valence-corrected chi connectivity index (χ1v) is 10.2. The van der Waals surface area contributed by atoms with E-state index in [-0.39, 0.29) is 35.6 Å². The number of nitro groups is 1. The van der Waals surface area contributed by atoms with Gasteiger partial charge in [0.15, 0.2) is 0 Å². The van der Waals surface area contributed by atoms with Gasteiger partial charge < -0.3 is 19.5 Å². The predicted molar refractivity (Wildman–Crippen MR) is 119 cm³/mol. The molecule has 1 aliphatic heterocycles. The van der Waals surface area contributed by atoms with Crippen LogP contribution in [0.5, 0.6) is 5.75 Å². The Morgan fingerprint density at radius 2 is 1.55 bits per heavy atom. The summed E-state index contributed by atoms with van der Waals surface area (Å²) in [4.78, 5) is 36.9. The second kappa shape index (κ2) is 10.4. The van der Waals surface area contributed by atoms with Gasteiger partial charge in [-0.05, 0) is 26.0 Å². The molecule has 9 nitrogen and oxygen atoms in total. The van der Waals surface area contributed by atoms with Gasteiger partial charge in [-0.15, -0.1) is 0 Å². The summed E-state index contributed by atoms with van der Waals surface area (Å²) in [5.41, 5.74) is 1.03. The van der Waals surface area contributed by atoms with Gasteiger partial charge in [0.2, 0.25) is 0 Å². The van der Waals surface area contributed by atoms with Crippen LogP contribution < -0.4 is 10.1 Å². The molecule has 0 aromatic heterocycles. The van der Waals surface area contributed by atoms with Crippen LogP contribution in [-0.4, -0.2) is 37.2 Å². The van der Waals surface area contributed by atoms with Crippen molar-refractivity contribution in [1.82, 2.24) is 5.32 Å². The fourth-order valence-electron chi connectivity index (χ4n) is 3.74. The van der Waals surface area contributed by atoms with Gasteiger partial charge in [-0.3, -0.25) is 10.1 Å². The van der Waals surface area contributed by atoms with Gasteiger partial charge in [0, 0.05) is 23.0 Å². The van der Waals surface area contributed by atoms with Crippen LogP contribution in [0.25, 0.3) is 0 Å². The van der Waals surface area contributed by atoms with E-state index in [0.29, 0.717) is 17.1 Å². The molecule has 2 aromatic rings. The lowest BCUT2D eigenvalue weighted by Crippen LogP contribution is -2.33. The largest absolute Gasteiger partial charge is 0.490 e. The van der Waals surface area contributed by atoms with Crippen LogP contribution in [0.3, 0.4) is 0 Å². The van der Waals surface area contributed by atoms with Crippen LogP contribution >= 0.6 is 0 Å². The highest BCUT2D eigenvalue weighted by Crippen LogP contribution is 2.42. The number of para-hydroxylation sites is 2. The zero-order valence-electron chi connectivity index (χ0n) is 18.5. The first-order chi connectivity index (χ1) is 15.8. The number of esters is 2. The Bertz CT molecular complexity index is 1120. The van der Waals surface area contributed by atoms with E-state index < -0.39 is 22.8 Å². The van der Waals surface area contributed by atoms with Gasteiger partial charge in [0.25, 0.3) is 5.69 Å². The summed E-state index contributed by atoms with van der Waals surface area (Å²) in [5, 5.41) is 14.7. The molecule has 172 valence electrons. The monoisotopic (exact) mass is 452 g/mol. The highest BCUT2D eigenvalue weighted by molar-refractivity contribution is 6.00. The standard InChI is InChI=1S/C24H24N2O7/c1-15-20(23(27)31-3)22(18-11-7-8-12-19(18)26(29)30)21(16(2)25-15)24(28)33-14-13-32-17-9-5-4-6-10-17/h4-12,22,25H,13-14H2,1-3H3. The van der Waals surface area contributed by atoms with Crippen LogP contribution in [0.1, 0.15) is 25.3 Å². The molecular weight excluding hydrogens is 428 g/mol. The Morgan fingerprint density at radius 1 is 0.939 bits per heavy atom. The third kappa shape index (κ3) is 5.20. The lowest BCUT2D eigenvalue weighted by Gasteiger charge is -2.30. The minimum atomic E-state index is -1.04. The minimum Gasteiger partial charge on any atom is -0.490 e. The van der Waals surface area contributed by atoms with Crippen molar-refractivity contribution in [3.8, 4) is 5.75 Å². The van der Waals surface area contributed by atoms with Crippen molar-refractivity contribution in [1.29, 1.82) is 0 Å². The minimum absolute atomic E-state index is 0.0512. The highest BCUT2D eigenvalue weighted by atomic mass is 16.6. The van der Waals surface area contributed by atoms with E-state index in [0.717, 1.165) is 0 Å². The summed E-state index contributed by atoms with van der Waals surface area (Å²) in [6, 6.07) is 15.0. The predicted octanol–water partition coefficient (Wildman–Crippen LogP) is 3.62. The number of dihydropyridines is 1. The number of rotatable bonds is 8. The Morgan fingerprint density at radius 3 is 2.18 bits per heavy atom. The van der Waals surface area contributed by atoms with Crippen molar-refractivity contribution in [2.24, 2.45) is 0 Å². The SMILES string of the molecule is COC(=O)C1=C(C)NC(C)=C(C(=O)OCCOc2ccccc2)C1c1ccccc1[N+](=O)[O-]. The second-order valence-corrected chi connectivity index (χ2v) is 7.24. The highest BCUT2D eigenvalue weighted by Gasteiger charge is 2.40. The number of carbonyl (C=O) groups is 2. The summed E-state index contributed by atoms with van der Waals surface area (Å²) >= 11 is 0. The quantitative estimate of drug-likeness (QED) is 0.279. The van der Waals surface area contributed by atoms with E-state index in [1.807, 2.05) is 18.2 Å². The van der Waals surface area contributed by atoms with Crippen molar-refractivity contribution in [2.75, 3.05) is 20.3 Å². The summed E-state index contributed by atoms with van der Waals surface area (Å²) in [6.45, 7) is 3.36. The van der Waals surface area contributed by atoms with E-state index in [1.54, 1.807) is 32.0 Å². The number of methoxy groups -OCH3 is 1. The lowest BCUT2D eigenvalue weighted by atomic mass is 9.79.